The number of aryl methyl sites for hydroxylation is 1. The van der Waals surface area contributed by atoms with Gasteiger partial charge in [-0.05, 0) is 87.0 Å². The van der Waals surface area contributed by atoms with Crippen LogP contribution in [0.3, 0.4) is 0 Å². The molecule has 0 radical (unpaired) electrons. The van der Waals surface area contributed by atoms with Crippen molar-refractivity contribution >= 4 is 40.1 Å². The van der Waals surface area contributed by atoms with E-state index in [-0.39, 0.29) is 11.6 Å². The number of nitrogens with one attached hydrogen (secondary N) is 1. The third-order valence-corrected chi connectivity index (χ3v) is 6.59. The number of hydrogen-bond donors (Lipinski definition) is 1. The van der Waals surface area contributed by atoms with Gasteiger partial charge < -0.3 is 14.6 Å². The van der Waals surface area contributed by atoms with E-state index in [1.807, 2.05) is 25.1 Å². The Kier molecular flexibility index (Phi) is 7.41. The van der Waals surface area contributed by atoms with E-state index in [0.29, 0.717) is 28.3 Å². The third kappa shape index (κ3) is 5.46. The molecule has 10 nitrogen and oxygen atoms in total. The predicted octanol–water partition coefficient (Wildman–Crippen LogP) is 6.40. The van der Waals surface area contributed by atoms with Crippen molar-refractivity contribution < 1.29 is 14.1 Å². The fourth-order valence-electron chi connectivity index (χ4n) is 4.46. The minimum absolute atomic E-state index is 0.0513. The second-order valence-electron chi connectivity index (χ2n) is 9.13. The molecule has 0 spiro atoms. The van der Waals surface area contributed by atoms with Crippen LogP contribution in [0.4, 0.5) is 17.1 Å². The van der Waals surface area contributed by atoms with Gasteiger partial charge in [0.15, 0.2) is 0 Å². The number of furan rings is 1. The number of hydrogen-bond acceptors (Lipinski definition) is 7. The number of nitrogens with zero attached hydrogens (tertiary/aromatic N) is 5. The lowest BCUT2D eigenvalue weighted by Crippen LogP contribution is -2.21. The summed E-state index contributed by atoms with van der Waals surface area (Å²) in [5.41, 5.74) is 5.14. The summed E-state index contributed by atoms with van der Waals surface area (Å²) < 4.78 is 5.73. The molecule has 2 aromatic heterocycles. The van der Waals surface area contributed by atoms with Crippen molar-refractivity contribution in [2.24, 2.45) is 0 Å². The van der Waals surface area contributed by atoms with Crippen LogP contribution in [0.15, 0.2) is 83.3 Å². The lowest BCUT2D eigenvalue weighted by molar-refractivity contribution is -0.384. The number of rotatable bonds is 9. The first kappa shape index (κ1) is 26.4. The van der Waals surface area contributed by atoms with Gasteiger partial charge in [0.05, 0.1) is 16.2 Å². The van der Waals surface area contributed by atoms with Gasteiger partial charge in [-0.25, -0.2) is 0 Å². The zero-order chi connectivity index (χ0) is 28.2. The predicted molar refractivity (Wildman–Crippen MR) is 156 cm³/mol. The SMILES string of the molecule is CCN(CC)c1ccc(-n2nc3cc(C)c(NC(=O)/C=C/c4ccc(-c5ccccc5[N+](=O)[O-])o4)cc3n2)cc1. The number of nitro groups is 1. The van der Waals surface area contributed by atoms with Crippen LogP contribution in [0.1, 0.15) is 25.2 Å². The van der Waals surface area contributed by atoms with Crippen molar-refractivity contribution in [2.45, 2.75) is 20.8 Å². The highest BCUT2D eigenvalue weighted by molar-refractivity contribution is 6.03. The summed E-state index contributed by atoms with van der Waals surface area (Å²) in [4.78, 5) is 27.4. The average molecular weight is 537 g/mol. The Balaban J connectivity index is 1.30. The lowest BCUT2D eigenvalue weighted by atomic mass is 10.1. The number of aromatic nitrogens is 3. The summed E-state index contributed by atoms with van der Waals surface area (Å²) in [5, 5.41) is 23.4. The molecule has 0 saturated heterocycles. The molecular formula is C30H28N6O4. The topological polar surface area (TPSA) is 119 Å². The van der Waals surface area contributed by atoms with Crippen LogP contribution in [0.25, 0.3) is 34.1 Å². The van der Waals surface area contributed by atoms with Crippen LogP contribution < -0.4 is 10.2 Å². The van der Waals surface area contributed by atoms with Crippen LogP contribution >= 0.6 is 0 Å². The highest BCUT2D eigenvalue weighted by Crippen LogP contribution is 2.31. The van der Waals surface area contributed by atoms with Crippen molar-refractivity contribution in [2.75, 3.05) is 23.3 Å². The molecule has 40 heavy (non-hydrogen) atoms. The van der Waals surface area contributed by atoms with Crippen LogP contribution in [0, 0.1) is 17.0 Å². The van der Waals surface area contributed by atoms with Gasteiger partial charge in [0.25, 0.3) is 5.69 Å². The standard InChI is InChI=1S/C30H28N6O4/c1-4-34(5-2)21-10-12-22(13-11-21)35-32-26-18-20(3)25(19-27(26)33-35)31-30(37)17-15-23-14-16-29(40-23)24-8-6-7-9-28(24)36(38)39/h6-19H,4-5H2,1-3H3,(H,31,37)/b17-15+. The molecule has 5 rings (SSSR count). The third-order valence-electron chi connectivity index (χ3n) is 6.59. The van der Waals surface area contributed by atoms with Gasteiger partial charge in [0.1, 0.15) is 22.6 Å². The monoisotopic (exact) mass is 536 g/mol. The summed E-state index contributed by atoms with van der Waals surface area (Å²) in [7, 11) is 0. The number of para-hydroxylation sites is 1. The fourth-order valence-corrected chi connectivity index (χ4v) is 4.46. The summed E-state index contributed by atoms with van der Waals surface area (Å²) in [6.45, 7) is 8.01. The van der Waals surface area contributed by atoms with Gasteiger partial charge in [-0.15, -0.1) is 10.2 Å². The first-order valence-corrected chi connectivity index (χ1v) is 12.9. The number of amides is 1. The number of fused-ring (bicyclic) bond motifs is 1. The Hall–Kier alpha value is -5.25. The van der Waals surface area contributed by atoms with E-state index in [4.69, 9.17) is 4.42 Å². The molecule has 202 valence electrons. The van der Waals surface area contributed by atoms with E-state index in [0.717, 1.165) is 35.5 Å². The summed E-state index contributed by atoms with van der Waals surface area (Å²) in [6, 6.07) is 21.4. The van der Waals surface area contributed by atoms with Crippen LogP contribution in [-0.2, 0) is 4.79 Å². The van der Waals surface area contributed by atoms with Gasteiger partial charge in [0.2, 0.25) is 5.91 Å². The molecule has 0 atom stereocenters. The molecule has 10 heteroatoms. The molecule has 0 unspecified atom stereocenters. The molecule has 5 aromatic rings. The van der Waals surface area contributed by atoms with Crippen LogP contribution in [-0.4, -0.2) is 38.9 Å². The molecule has 0 aliphatic rings. The van der Waals surface area contributed by atoms with E-state index >= 15 is 0 Å². The second-order valence-corrected chi connectivity index (χ2v) is 9.13. The second kappa shape index (κ2) is 11.2. The van der Waals surface area contributed by atoms with E-state index < -0.39 is 4.92 Å². The molecular weight excluding hydrogens is 508 g/mol. The Morgan fingerprint density at radius 1 is 1.02 bits per heavy atom. The van der Waals surface area contributed by atoms with Gasteiger partial charge in [-0.3, -0.25) is 14.9 Å². The van der Waals surface area contributed by atoms with E-state index in [1.165, 1.54) is 18.2 Å². The van der Waals surface area contributed by atoms with E-state index in [9.17, 15) is 14.9 Å². The lowest BCUT2D eigenvalue weighted by Gasteiger charge is -2.20. The minimum Gasteiger partial charge on any atom is -0.456 e. The number of benzene rings is 3. The molecule has 0 bridgehead atoms. The molecule has 1 N–H and O–H groups in total. The van der Waals surface area contributed by atoms with Gasteiger partial charge in [-0.1, -0.05) is 12.1 Å². The largest absolute Gasteiger partial charge is 0.456 e. The fraction of sp³-hybridized carbons (Fsp3) is 0.167. The number of carbonyl (C=O) groups excluding carboxylic acids is 1. The molecule has 2 heterocycles. The van der Waals surface area contributed by atoms with Crippen molar-refractivity contribution in [1.82, 2.24) is 15.0 Å². The molecule has 0 saturated carbocycles. The molecule has 0 aliphatic carbocycles. The summed E-state index contributed by atoms with van der Waals surface area (Å²) in [6.07, 6.45) is 2.86. The average Bonchev–Trinajstić information content (AvgIpc) is 3.60. The Morgan fingerprint density at radius 3 is 2.42 bits per heavy atom. The minimum atomic E-state index is -0.457. The Bertz CT molecular complexity index is 1710. The number of nitro benzene ring substituents is 1. The highest BCUT2D eigenvalue weighted by atomic mass is 16.6. The van der Waals surface area contributed by atoms with E-state index in [1.54, 1.807) is 41.2 Å². The summed E-state index contributed by atoms with van der Waals surface area (Å²) in [5.74, 6) is 0.385. The maximum Gasteiger partial charge on any atom is 0.280 e. The van der Waals surface area contributed by atoms with Crippen molar-refractivity contribution in [3.8, 4) is 17.0 Å². The molecule has 3 aromatic carbocycles. The van der Waals surface area contributed by atoms with Crippen molar-refractivity contribution in [3.63, 3.8) is 0 Å². The van der Waals surface area contributed by atoms with Gasteiger partial charge in [-0.2, -0.15) is 4.80 Å². The zero-order valence-corrected chi connectivity index (χ0v) is 22.4. The maximum atomic E-state index is 12.7. The molecule has 0 aliphatic heterocycles. The number of carbonyl (C=O) groups is 1. The smallest absolute Gasteiger partial charge is 0.280 e. The Labute approximate surface area is 230 Å². The number of anilines is 2. The van der Waals surface area contributed by atoms with Gasteiger partial charge in [0, 0.05) is 36.6 Å². The summed E-state index contributed by atoms with van der Waals surface area (Å²) >= 11 is 0. The van der Waals surface area contributed by atoms with Crippen molar-refractivity contribution in [1.29, 1.82) is 0 Å². The maximum absolute atomic E-state index is 12.7. The molecule has 0 fully saturated rings. The normalized spacial score (nSPS) is 11.3. The first-order chi connectivity index (χ1) is 19.4. The van der Waals surface area contributed by atoms with E-state index in [2.05, 4.69) is 46.4 Å². The highest BCUT2D eigenvalue weighted by Gasteiger charge is 2.17. The quantitative estimate of drug-likeness (QED) is 0.132. The first-order valence-electron chi connectivity index (χ1n) is 12.9. The zero-order valence-electron chi connectivity index (χ0n) is 22.4. The van der Waals surface area contributed by atoms with Crippen LogP contribution in [0.2, 0.25) is 0 Å². The van der Waals surface area contributed by atoms with Crippen LogP contribution in [0.5, 0.6) is 0 Å². The Morgan fingerprint density at radius 2 is 1.73 bits per heavy atom. The van der Waals surface area contributed by atoms with Gasteiger partial charge >= 0.3 is 0 Å². The molecule has 1 amide bonds. The van der Waals surface area contributed by atoms with Crippen molar-refractivity contribution in [3.05, 3.63) is 100 Å².